The van der Waals surface area contributed by atoms with Crippen molar-refractivity contribution in [2.75, 3.05) is 0 Å². The Bertz CT molecular complexity index is 680. The zero-order valence-corrected chi connectivity index (χ0v) is 13.1. The lowest BCUT2D eigenvalue weighted by atomic mass is 9.81. The van der Waals surface area contributed by atoms with Crippen LogP contribution in [0.15, 0.2) is 48.5 Å². The maximum absolute atomic E-state index is 10.5. The number of benzene rings is 2. The zero-order valence-electron chi connectivity index (χ0n) is 13.1. The highest BCUT2D eigenvalue weighted by Crippen LogP contribution is 2.45. The second-order valence-corrected chi connectivity index (χ2v) is 6.72. The minimum absolute atomic E-state index is 0.0567. The van der Waals surface area contributed by atoms with Gasteiger partial charge in [-0.25, -0.2) is 0 Å². The maximum Gasteiger partial charge on any atom is 0.122 e. The van der Waals surface area contributed by atoms with E-state index in [4.69, 9.17) is 4.74 Å². The Morgan fingerprint density at radius 2 is 1.70 bits per heavy atom. The van der Waals surface area contributed by atoms with E-state index in [-0.39, 0.29) is 23.9 Å². The van der Waals surface area contributed by atoms with Gasteiger partial charge in [0.2, 0.25) is 0 Å². The summed E-state index contributed by atoms with van der Waals surface area (Å²) >= 11 is 0. The van der Waals surface area contributed by atoms with Crippen LogP contribution in [0.2, 0.25) is 0 Å². The number of hydrogen-bond acceptors (Lipinski definition) is 3. The summed E-state index contributed by atoms with van der Waals surface area (Å²) in [5.41, 5.74) is 2.45. The number of fused-ring (bicyclic) bond motifs is 1. The summed E-state index contributed by atoms with van der Waals surface area (Å²) < 4.78 is 6.25. The van der Waals surface area contributed by atoms with Crippen LogP contribution in [0.1, 0.15) is 36.3 Å². The van der Waals surface area contributed by atoms with Gasteiger partial charge in [0.15, 0.2) is 0 Å². The van der Waals surface area contributed by atoms with E-state index in [9.17, 15) is 10.2 Å². The number of aliphatic hydroxyl groups excluding tert-OH is 1. The molecule has 4 atom stereocenters. The predicted octanol–water partition coefficient (Wildman–Crippen LogP) is 3.64. The summed E-state index contributed by atoms with van der Waals surface area (Å²) in [6, 6.07) is 15.6. The monoisotopic (exact) mass is 310 g/mol. The highest BCUT2D eigenvalue weighted by atomic mass is 16.5. The third-order valence-electron chi connectivity index (χ3n) is 5.38. The van der Waals surface area contributed by atoms with Gasteiger partial charge in [0, 0.05) is 5.92 Å². The van der Waals surface area contributed by atoms with Crippen LogP contribution in [-0.2, 0) is 6.42 Å². The number of aryl methyl sites for hydroxylation is 1. The number of aromatic hydroxyl groups is 1. The number of para-hydroxylation sites is 1. The van der Waals surface area contributed by atoms with Gasteiger partial charge in [-0.1, -0.05) is 30.3 Å². The Hall–Kier alpha value is -2.00. The molecular formula is C20H22O3. The normalized spacial score (nSPS) is 29.8. The van der Waals surface area contributed by atoms with E-state index in [1.54, 1.807) is 12.1 Å². The zero-order chi connectivity index (χ0) is 15.8. The molecule has 120 valence electrons. The van der Waals surface area contributed by atoms with Gasteiger partial charge in [-0.2, -0.15) is 0 Å². The Balaban J connectivity index is 1.60. The van der Waals surface area contributed by atoms with Crippen molar-refractivity contribution in [1.82, 2.24) is 0 Å². The molecule has 1 saturated carbocycles. The van der Waals surface area contributed by atoms with E-state index in [0.717, 1.165) is 31.4 Å². The molecule has 2 aromatic carbocycles. The third-order valence-corrected chi connectivity index (χ3v) is 5.38. The van der Waals surface area contributed by atoms with Crippen LogP contribution in [-0.4, -0.2) is 22.4 Å². The van der Waals surface area contributed by atoms with E-state index < -0.39 is 0 Å². The third kappa shape index (κ3) is 2.70. The van der Waals surface area contributed by atoms with Crippen LogP contribution in [0.5, 0.6) is 11.5 Å². The minimum atomic E-state index is -0.316. The molecular weight excluding hydrogens is 288 g/mol. The molecule has 0 radical (unpaired) electrons. The quantitative estimate of drug-likeness (QED) is 0.890. The van der Waals surface area contributed by atoms with E-state index in [1.165, 1.54) is 11.1 Å². The average Bonchev–Trinajstić information content (AvgIpc) is 2.97. The van der Waals surface area contributed by atoms with Crippen molar-refractivity contribution >= 4 is 0 Å². The fraction of sp³-hybridized carbons (Fsp3) is 0.400. The summed E-state index contributed by atoms with van der Waals surface area (Å²) in [7, 11) is 0. The van der Waals surface area contributed by atoms with Gasteiger partial charge >= 0.3 is 0 Å². The second-order valence-electron chi connectivity index (χ2n) is 6.72. The molecule has 3 heteroatoms. The van der Waals surface area contributed by atoms with Crippen LogP contribution in [0.4, 0.5) is 0 Å². The van der Waals surface area contributed by atoms with Crippen LogP contribution >= 0.6 is 0 Å². The van der Waals surface area contributed by atoms with Gasteiger partial charge in [0.25, 0.3) is 0 Å². The van der Waals surface area contributed by atoms with Gasteiger partial charge in [-0.3, -0.25) is 0 Å². The van der Waals surface area contributed by atoms with Gasteiger partial charge in [0.1, 0.15) is 17.6 Å². The molecule has 0 aromatic heterocycles. The number of rotatable bonds is 2. The molecule has 2 aromatic rings. The van der Waals surface area contributed by atoms with E-state index in [1.807, 2.05) is 30.3 Å². The molecule has 1 aliphatic heterocycles. The summed E-state index contributed by atoms with van der Waals surface area (Å²) in [6.45, 7) is 0. The predicted molar refractivity (Wildman–Crippen MR) is 88.8 cm³/mol. The first kappa shape index (κ1) is 14.6. The molecule has 0 bridgehead atoms. The molecule has 0 spiro atoms. The van der Waals surface area contributed by atoms with Crippen molar-refractivity contribution in [3.8, 4) is 11.5 Å². The van der Waals surface area contributed by atoms with Gasteiger partial charge in [-0.05, 0) is 60.9 Å². The Kier molecular flexibility index (Phi) is 3.74. The topological polar surface area (TPSA) is 49.7 Å². The fourth-order valence-electron chi connectivity index (χ4n) is 4.24. The minimum Gasteiger partial charge on any atom is -0.508 e. The molecule has 3 nitrogen and oxygen atoms in total. The molecule has 4 rings (SSSR count). The summed E-state index contributed by atoms with van der Waals surface area (Å²) in [4.78, 5) is 0. The fourth-order valence-corrected chi connectivity index (χ4v) is 4.24. The Morgan fingerprint density at radius 3 is 2.52 bits per heavy atom. The van der Waals surface area contributed by atoms with E-state index in [0.29, 0.717) is 5.92 Å². The summed E-state index contributed by atoms with van der Waals surface area (Å²) in [5, 5.41) is 20.0. The molecule has 23 heavy (non-hydrogen) atoms. The van der Waals surface area contributed by atoms with Gasteiger partial charge in [0.05, 0.1) is 6.10 Å². The molecule has 1 fully saturated rings. The van der Waals surface area contributed by atoms with Crippen molar-refractivity contribution < 1.29 is 14.9 Å². The van der Waals surface area contributed by atoms with E-state index in [2.05, 4.69) is 6.07 Å². The molecule has 2 aliphatic rings. The first-order chi connectivity index (χ1) is 11.2. The van der Waals surface area contributed by atoms with Crippen LogP contribution in [0.3, 0.4) is 0 Å². The number of ether oxygens (including phenoxy) is 1. The maximum atomic E-state index is 10.5. The molecule has 1 aliphatic carbocycles. The lowest BCUT2D eigenvalue weighted by Crippen LogP contribution is -2.37. The Morgan fingerprint density at radius 1 is 0.913 bits per heavy atom. The van der Waals surface area contributed by atoms with Gasteiger partial charge in [-0.15, -0.1) is 0 Å². The van der Waals surface area contributed by atoms with Crippen molar-refractivity contribution in [1.29, 1.82) is 0 Å². The van der Waals surface area contributed by atoms with Crippen molar-refractivity contribution in [2.45, 2.75) is 43.8 Å². The lowest BCUT2D eigenvalue weighted by molar-refractivity contribution is 0.0280. The number of hydrogen-bond donors (Lipinski definition) is 2. The highest BCUT2D eigenvalue weighted by molar-refractivity contribution is 5.36. The van der Waals surface area contributed by atoms with Crippen molar-refractivity contribution in [3.05, 3.63) is 59.7 Å². The van der Waals surface area contributed by atoms with Crippen molar-refractivity contribution in [2.24, 2.45) is 5.92 Å². The second kappa shape index (κ2) is 5.89. The molecule has 0 saturated heterocycles. The largest absolute Gasteiger partial charge is 0.508 e. The highest BCUT2D eigenvalue weighted by Gasteiger charge is 2.43. The molecule has 2 N–H and O–H groups in total. The first-order valence-electron chi connectivity index (χ1n) is 8.44. The SMILES string of the molecule is Oc1ccc(C2CCC(O)C2[C@@H]2CCc3ccccc3O2)cc1. The van der Waals surface area contributed by atoms with Crippen LogP contribution in [0, 0.1) is 5.92 Å². The van der Waals surface area contributed by atoms with Gasteiger partial charge < -0.3 is 14.9 Å². The number of phenolic OH excluding ortho intramolecular Hbond substituents is 1. The van der Waals surface area contributed by atoms with E-state index >= 15 is 0 Å². The molecule has 0 amide bonds. The van der Waals surface area contributed by atoms with Crippen LogP contribution < -0.4 is 4.74 Å². The first-order valence-corrected chi connectivity index (χ1v) is 8.44. The summed E-state index contributed by atoms with van der Waals surface area (Å²) in [5.74, 6) is 1.66. The number of phenols is 1. The van der Waals surface area contributed by atoms with Crippen molar-refractivity contribution in [3.63, 3.8) is 0 Å². The summed E-state index contributed by atoms with van der Waals surface area (Å²) in [6.07, 6.45) is 3.49. The molecule has 1 heterocycles. The average molecular weight is 310 g/mol. The van der Waals surface area contributed by atoms with Crippen LogP contribution in [0.25, 0.3) is 0 Å². The number of aliphatic hydroxyl groups is 1. The Labute approximate surface area is 136 Å². The lowest BCUT2D eigenvalue weighted by Gasteiger charge is -2.35. The molecule has 3 unspecified atom stereocenters. The smallest absolute Gasteiger partial charge is 0.122 e. The standard InChI is InChI=1S/C20H22O3/c21-15-8-5-13(6-9-15)16-10-11-17(22)20(16)19-12-7-14-3-1-2-4-18(14)23-19/h1-6,8-9,16-17,19-22H,7,10-12H2/t16?,17?,19-,20?/m0/s1.